The van der Waals surface area contributed by atoms with Crippen LogP contribution in [-0.2, 0) is 9.53 Å². The quantitative estimate of drug-likeness (QED) is 0.780. The number of ether oxygens (including phenoxy) is 1. The Bertz CT molecular complexity index is 824. The van der Waals surface area contributed by atoms with Gasteiger partial charge in [0.1, 0.15) is 6.10 Å². The number of amides is 2. The number of carbonyl (C=O) groups is 2. The Kier molecular flexibility index (Phi) is 6.47. The number of rotatable bonds is 6. The molecule has 2 aromatic carbocycles. The minimum Gasteiger partial charge on any atom is -0.368 e. The van der Waals surface area contributed by atoms with Crippen molar-refractivity contribution < 1.29 is 14.3 Å². The van der Waals surface area contributed by atoms with Crippen LogP contribution in [-0.4, -0.2) is 24.5 Å². The summed E-state index contributed by atoms with van der Waals surface area (Å²) in [4.78, 5) is 24.8. The van der Waals surface area contributed by atoms with E-state index < -0.39 is 6.10 Å². The lowest BCUT2D eigenvalue weighted by Gasteiger charge is -2.16. The van der Waals surface area contributed by atoms with Gasteiger partial charge in [-0.2, -0.15) is 0 Å². The van der Waals surface area contributed by atoms with Crippen LogP contribution in [0.4, 0.5) is 5.69 Å². The lowest BCUT2D eigenvalue weighted by molar-refractivity contribution is -0.124. The van der Waals surface area contributed by atoms with E-state index in [9.17, 15) is 9.59 Å². The zero-order valence-corrected chi connectivity index (χ0v) is 16.7. The van der Waals surface area contributed by atoms with Crippen LogP contribution in [0.15, 0.2) is 48.5 Å². The minimum absolute atomic E-state index is 0.112. The maximum absolute atomic E-state index is 12.6. The molecule has 1 fully saturated rings. The highest BCUT2D eigenvalue weighted by Crippen LogP contribution is 2.20. The van der Waals surface area contributed by atoms with Crippen molar-refractivity contribution in [3.63, 3.8) is 0 Å². The molecule has 1 aliphatic rings. The summed E-state index contributed by atoms with van der Waals surface area (Å²) in [6.07, 6.45) is 1.24. The largest absolute Gasteiger partial charge is 0.368 e. The van der Waals surface area contributed by atoms with E-state index in [1.165, 1.54) is 5.56 Å². The van der Waals surface area contributed by atoms with Gasteiger partial charge in [0.25, 0.3) is 11.8 Å². The molecule has 2 atom stereocenters. The first-order valence-electron chi connectivity index (χ1n) is 9.87. The first kappa shape index (κ1) is 20.1. The molecule has 0 unspecified atom stereocenters. The van der Waals surface area contributed by atoms with E-state index in [4.69, 9.17) is 4.74 Å². The molecule has 0 spiro atoms. The van der Waals surface area contributed by atoms with Crippen molar-refractivity contribution in [2.75, 3.05) is 11.9 Å². The van der Waals surface area contributed by atoms with E-state index in [1.807, 2.05) is 6.92 Å². The van der Waals surface area contributed by atoms with Gasteiger partial charge in [-0.1, -0.05) is 44.2 Å². The van der Waals surface area contributed by atoms with Gasteiger partial charge in [-0.15, -0.1) is 0 Å². The number of benzene rings is 2. The van der Waals surface area contributed by atoms with Crippen molar-refractivity contribution in [2.45, 2.75) is 51.7 Å². The lowest BCUT2D eigenvalue weighted by atomic mass is 9.99. The van der Waals surface area contributed by atoms with Crippen LogP contribution in [0.1, 0.15) is 67.1 Å². The molecule has 0 radical (unpaired) electrons. The second-order valence-corrected chi connectivity index (χ2v) is 7.59. The Morgan fingerprint density at radius 2 is 1.75 bits per heavy atom. The van der Waals surface area contributed by atoms with Gasteiger partial charge in [0, 0.05) is 17.9 Å². The monoisotopic (exact) mass is 380 g/mol. The predicted molar refractivity (Wildman–Crippen MR) is 110 cm³/mol. The number of carbonyl (C=O) groups excluding carboxylic acids is 2. The fourth-order valence-corrected chi connectivity index (χ4v) is 3.28. The van der Waals surface area contributed by atoms with Crippen molar-refractivity contribution in [1.29, 1.82) is 0 Å². The van der Waals surface area contributed by atoms with Gasteiger partial charge in [-0.25, -0.2) is 0 Å². The smallest absolute Gasteiger partial charge is 0.253 e. The average molecular weight is 380 g/mol. The first-order chi connectivity index (χ1) is 13.4. The Morgan fingerprint density at radius 3 is 2.39 bits per heavy atom. The van der Waals surface area contributed by atoms with Crippen LogP contribution in [0.25, 0.3) is 0 Å². The van der Waals surface area contributed by atoms with Gasteiger partial charge < -0.3 is 15.4 Å². The van der Waals surface area contributed by atoms with Crippen LogP contribution in [0.2, 0.25) is 0 Å². The van der Waals surface area contributed by atoms with Crippen LogP contribution in [0, 0.1) is 0 Å². The Morgan fingerprint density at radius 1 is 1.04 bits per heavy atom. The number of anilines is 1. The van der Waals surface area contributed by atoms with E-state index in [0.29, 0.717) is 23.8 Å². The third kappa shape index (κ3) is 4.98. The topological polar surface area (TPSA) is 67.4 Å². The molecule has 3 rings (SSSR count). The van der Waals surface area contributed by atoms with Crippen molar-refractivity contribution in [3.05, 3.63) is 65.2 Å². The Labute approximate surface area is 166 Å². The van der Waals surface area contributed by atoms with E-state index in [2.05, 4.69) is 48.7 Å². The van der Waals surface area contributed by atoms with Crippen LogP contribution in [0.5, 0.6) is 0 Å². The maximum atomic E-state index is 12.6. The Hall–Kier alpha value is -2.66. The summed E-state index contributed by atoms with van der Waals surface area (Å²) in [5.41, 5.74) is 3.44. The molecule has 5 heteroatoms. The Balaban J connectivity index is 1.62. The first-order valence-corrected chi connectivity index (χ1v) is 9.87. The minimum atomic E-state index is -0.397. The fourth-order valence-electron chi connectivity index (χ4n) is 3.28. The van der Waals surface area contributed by atoms with Gasteiger partial charge in [0.15, 0.2) is 0 Å². The number of hydrogen-bond acceptors (Lipinski definition) is 3. The van der Waals surface area contributed by atoms with Crippen LogP contribution >= 0.6 is 0 Å². The molecule has 0 saturated carbocycles. The van der Waals surface area contributed by atoms with Crippen LogP contribution < -0.4 is 10.6 Å². The van der Waals surface area contributed by atoms with Crippen molar-refractivity contribution >= 4 is 17.5 Å². The summed E-state index contributed by atoms with van der Waals surface area (Å²) in [5.74, 6) is 0.147. The zero-order valence-electron chi connectivity index (χ0n) is 16.7. The zero-order chi connectivity index (χ0) is 20.1. The van der Waals surface area contributed by atoms with Crippen molar-refractivity contribution in [1.82, 2.24) is 5.32 Å². The van der Waals surface area contributed by atoms with Gasteiger partial charge in [-0.3, -0.25) is 9.59 Å². The molecular weight excluding hydrogens is 352 g/mol. The molecule has 0 aromatic heterocycles. The number of nitrogens with one attached hydrogen (secondary N) is 2. The van der Waals surface area contributed by atoms with Crippen LogP contribution in [0.3, 0.4) is 0 Å². The third-order valence-electron chi connectivity index (χ3n) is 5.07. The average Bonchev–Trinajstić information content (AvgIpc) is 3.23. The lowest BCUT2D eigenvalue weighted by Crippen LogP contribution is -2.28. The standard InChI is InChI=1S/C23H28N2O3/c1-15(2)17-9-11-18(12-10-17)16(3)24-22(26)19-6-4-7-20(14-19)25-23(27)21-8-5-13-28-21/h4,6-7,9-12,14-16,21H,5,8,13H2,1-3H3,(H,24,26)(H,25,27)/t16-,21-/m1/s1. The predicted octanol–water partition coefficient (Wildman–Crippen LogP) is 4.42. The number of hydrogen-bond donors (Lipinski definition) is 2. The molecule has 5 nitrogen and oxygen atoms in total. The summed E-state index contributed by atoms with van der Waals surface area (Å²) < 4.78 is 5.40. The third-order valence-corrected chi connectivity index (χ3v) is 5.07. The van der Waals surface area contributed by atoms with E-state index in [1.54, 1.807) is 24.3 Å². The highest BCUT2D eigenvalue weighted by atomic mass is 16.5. The summed E-state index contributed by atoms with van der Waals surface area (Å²) in [7, 11) is 0. The SMILES string of the molecule is CC(C)c1ccc([C@@H](C)NC(=O)c2cccc(NC(=O)[C@H]3CCCO3)c2)cc1. The van der Waals surface area contributed by atoms with E-state index in [0.717, 1.165) is 18.4 Å². The molecule has 2 N–H and O–H groups in total. The van der Waals surface area contributed by atoms with Gasteiger partial charge in [0.05, 0.1) is 6.04 Å². The molecule has 1 heterocycles. The summed E-state index contributed by atoms with van der Waals surface area (Å²) in [6, 6.07) is 15.2. The molecule has 148 valence electrons. The fraction of sp³-hybridized carbons (Fsp3) is 0.391. The molecule has 0 bridgehead atoms. The molecule has 28 heavy (non-hydrogen) atoms. The second-order valence-electron chi connectivity index (χ2n) is 7.59. The molecule has 2 amide bonds. The highest BCUT2D eigenvalue weighted by Gasteiger charge is 2.23. The van der Waals surface area contributed by atoms with Crippen molar-refractivity contribution in [3.8, 4) is 0 Å². The molecule has 0 aliphatic carbocycles. The van der Waals surface area contributed by atoms with E-state index in [-0.39, 0.29) is 17.9 Å². The van der Waals surface area contributed by atoms with Crippen molar-refractivity contribution in [2.24, 2.45) is 0 Å². The maximum Gasteiger partial charge on any atom is 0.253 e. The van der Waals surface area contributed by atoms with E-state index >= 15 is 0 Å². The molecule has 2 aromatic rings. The summed E-state index contributed by atoms with van der Waals surface area (Å²) >= 11 is 0. The highest BCUT2D eigenvalue weighted by molar-refractivity contribution is 5.98. The molecule has 1 aliphatic heterocycles. The molecular formula is C23H28N2O3. The van der Waals surface area contributed by atoms with Gasteiger partial charge >= 0.3 is 0 Å². The van der Waals surface area contributed by atoms with Gasteiger partial charge in [0.2, 0.25) is 0 Å². The normalized spacial score (nSPS) is 17.4. The van der Waals surface area contributed by atoms with Gasteiger partial charge in [-0.05, 0) is 55.0 Å². The summed E-state index contributed by atoms with van der Waals surface area (Å²) in [5, 5.41) is 5.86. The molecule has 1 saturated heterocycles. The summed E-state index contributed by atoms with van der Waals surface area (Å²) in [6.45, 7) is 6.90. The second kappa shape index (κ2) is 9.02.